The highest BCUT2D eigenvalue weighted by atomic mass is 32.2. The third-order valence-electron chi connectivity index (χ3n) is 6.65. The van der Waals surface area contributed by atoms with Crippen LogP contribution in [0.1, 0.15) is 44.1 Å². The number of hydrogen-bond acceptors (Lipinski definition) is 5. The van der Waals surface area contributed by atoms with E-state index in [4.69, 9.17) is 5.73 Å². The first-order valence-corrected chi connectivity index (χ1v) is 13.2. The molecule has 0 bridgehead atoms. The fourth-order valence-corrected chi connectivity index (χ4v) is 6.24. The van der Waals surface area contributed by atoms with E-state index in [-0.39, 0.29) is 17.0 Å². The van der Waals surface area contributed by atoms with Crippen molar-refractivity contribution in [3.63, 3.8) is 0 Å². The fourth-order valence-electron chi connectivity index (χ4n) is 4.99. The molecule has 32 heavy (non-hydrogen) atoms. The average Bonchev–Trinajstić information content (AvgIpc) is 3.14. The van der Waals surface area contributed by atoms with Crippen LogP contribution in [0.2, 0.25) is 0 Å². The first-order valence-electron chi connectivity index (χ1n) is 11.7. The molecule has 0 unspecified atom stereocenters. The molecule has 2 atom stereocenters. The smallest absolute Gasteiger partial charge is 0.240 e. The largest absolute Gasteiger partial charge is 0.370 e. The summed E-state index contributed by atoms with van der Waals surface area (Å²) >= 11 is 0. The molecule has 1 saturated carbocycles. The molecule has 1 aliphatic carbocycles. The van der Waals surface area contributed by atoms with Crippen LogP contribution in [0.15, 0.2) is 70.6 Å². The lowest BCUT2D eigenvalue weighted by molar-refractivity contribution is 0.234. The Balaban J connectivity index is 1.51. The summed E-state index contributed by atoms with van der Waals surface area (Å²) in [6.07, 6.45) is 8.17. The van der Waals surface area contributed by atoms with Crippen LogP contribution >= 0.6 is 0 Å². The van der Waals surface area contributed by atoms with Gasteiger partial charge in [0.2, 0.25) is 10.0 Å². The molecule has 0 aromatic heterocycles. The van der Waals surface area contributed by atoms with Crippen molar-refractivity contribution in [2.45, 2.75) is 61.9 Å². The Bertz CT molecular complexity index is 989. The Labute approximate surface area is 192 Å². The van der Waals surface area contributed by atoms with Gasteiger partial charge < -0.3 is 10.6 Å². The van der Waals surface area contributed by atoms with Gasteiger partial charge >= 0.3 is 0 Å². The van der Waals surface area contributed by atoms with Gasteiger partial charge in [0.15, 0.2) is 5.96 Å². The fraction of sp³-hybridized carbons (Fsp3) is 0.480. The SMILES string of the molecule is NC1=NC[C@H](CC2CCCCC2)N1C[C@H](Cc1ccccc1)NS(=O)(=O)c1ccccc1. The Morgan fingerprint density at radius 3 is 2.34 bits per heavy atom. The Hall–Kier alpha value is -2.38. The van der Waals surface area contributed by atoms with E-state index in [1.807, 2.05) is 36.4 Å². The number of aliphatic imine (C=N–C) groups is 1. The van der Waals surface area contributed by atoms with E-state index >= 15 is 0 Å². The summed E-state index contributed by atoms with van der Waals surface area (Å²) in [4.78, 5) is 6.93. The van der Waals surface area contributed by atoms with Gasteiger partial charge in [0.1, 0.15) is 0 Å². The second-order valence-corrected chi connectivity index (χ2v) is 10.8. The molecule has 0 spiro atoms. The number of guanidine groups is 1. The Morgan fingerprint density at radius 2 is 1.66 bits per heavy atom. The first kappa shape index (κ1) is 22.8. The van der Waals surface area contributed by atoms with Crippen LogP contribution in [-0.2, 0) is 16.4 Å². The van der Waals surface area contributed by atoms with Crippen molar-refractivity contribution in [2.24, 2.45) is 16.6 Å². The summed E-state index contributed by atoms with van der Waals surface area (Å²) < 4.78 is 29.1. The second-order valence-electron chi connectivity index (χ2n) is 9.07. The van der Waals surface area contributed by atoms with Crippen LogP contribution in [0.25, 0.3) is 0 Å². The van der Waals surface area contributed by atoms with Crippen LogP contribution in [0, 0.1) is 5.92 Å². The molecule has 1 heterocycles. The molecule has 2 aromatic carbocycles. The highest BCUT2D eigenvalue weighted by Gasteiger charge is 2.32. The maximum atomic E-state index is 13.1. The van der Waals surface area contributed by atoms with Gasteiger partial charge in [-0.1, -0.05) is 80.6 Å². The van der Waals surface area contributed by atoms with Crippen LogP contribution in [0.3, 0.4) is 0 Å². The number of rotatable bonds is 9. The van der Waals surface area contributed by atoms with Crippen molar-refractivity contribution in [3.8, 4) is 0 Å². The van der Waals surface area contributed by atoms with Gasteiger partial charge in [0.25, 0.3) is 0 Å². The van der Waals surface area contributed by atoms with Crippen molar-refractivity contribution in [2.75, 3.05) is 13.1 Å². The number of benzene rings is 2. The highest BCUT2D eigenvalue weighted by Crippen LogP contribution is 2.30. The van der Waals surface area contributed by atoms with Gasteiger partial charge in [-0.15, -0.1) is 0 Å². The quantitative estimate of drug-likeness (QED) is 0.607. The summed E-state index contributed by atoms with van der Waals surface area (Å²) in [5.41, 5.74) is 7.38. The molecule has 0 radical (unpaired) electrons. The molecule has 2 aliphatic rings. The lowest BCUT2D eigenvalue weighted by atomic mass is 9.84. The van der Waals surface area contributed by atoms with Crippen molar-refractivity contribution in [1.29, 1.82) is 0 Å². The molecular weight excluding hydrogens is 420 g/mol. The number of nitrogens with zero attached hydrogens (tertiary/aromatic N) is 2. The molecule has 4 rings (SSSR count). The van der Waals surface area contributed by atoms with Gasteiger partial charge in [0, 0.05) is 12.6 Å². The van der Waals surface area contributed by atoms with E-state index in [2.05, 4.69) is 14.6 Å². The topological polar surface area (TPSA) is 87.8 Å². The average molecular weight is 455 g/mol. The van der Waals surface area contributed by atoms with Crippen molar-refractivity contribution in [1.82, 2.24) is 9.62 Å². The van der Waals surface area contributed by atoms with Gasteiger partial charge in [-0.3, -0.25) is 4.99 Å². The molecule has 0 amide bonds. The molecule has 7 heteroatoms. The predicted molar refractivity (Wildman–Crippen MR) is 129 cm³/mol. The zero-order valence-electron chi connectivity index (χ0n) is 18.6. The van der Waals surface area contributed by atoms with E-state index in [9.17, 15) is 8.42 Å². The van der Waals surface area contributed by atoms with Crippen LogP contribution in [0.4, 0.5) is 0 Å². The third-order valence-corrected chi connectivity index (χ3v) is 8.18. The maximum absolute atomic E-state index is 13.1. The van der Waals surface area contributed by atoms with Crippen molar-refractivity contribution in [3.05, 3.63) is 66.2 Å². The van der Waals surface area contributed by atoms with E-state index in [0.717, 1.165) is 12.0 Å². The second kappa shape index (κ2) is 10.5. The standard InChI is InChI=1S/C25H34N4O2S/c26-25-27-18-23(17-21-12-6-2-7-13-21)29(25)19-22(16-20-10-4-1-5-11-20)28-32(30,31)24-14-8-3-9-15-24/h1,3-5,8-11,14-15,21-23,28H,2,6-7,12-13,16-19H2,(H2,26,27)/t22-,23-/m0/s1. The first-order chi connectivity index (χ1) is 15.5. The van der Waals surface area contributed by atoms with E-state index in [1.54, 1.807) is 24.3 Å². The predicted octanol–water partition coefficient (Wildman–Crippen LogP) is 3.55. The lowest BCUT2D eigenvalue weighted by Gasteiger charge is -2.33. The molecule has 6 nitrogen and oxygen atoms in total. The molecule has 2 aromatic rings. The van der Waals surface area contributed by atoms with E-state index in [0.29, 0.717) is 31.4 Å². The molecular formula is C25H34N4O2S. The van der Waals surface area contributed by atoms with Crippen LogP contribution in [-0.4, -0.2) is 44.5 Å². The molecule has 1 aliphatic heterocycles. The Morgan fingerprint density at radius 1 is 1.00 bits per heavy atom. The summed E-state index contributed by atoms with van der Waals surface area (Å²) in [6.45, 7) is 1.21. The summed E-state index contributed by atoms with van der Waals surface area (Å²) in [5.74, 6) is 1.24. The van der Waals surface area contributed by atoms with E-state index < -0.39 is 10.0 Å². The van der Waals surface area contributed by atoms with Gasteiger partial charge in [-0.25, -0.2) is 13.1 Å². The minimum absolute atomic E-state index is 0.248. The molecule has 0 saturated heterocycles. The zero-order chi connectivity index (χ0) is 22.4. The summed E-state index contributed by atoms with van der Waals surface area (Å²) in [5, 5.41) is 0. The highest BCUT2D eigenvalue weighted by molar-refractivity contribution is 7.89. The summed E-state index contributed by atoms with van der Waals surface area (Å²) in [7, 11) is -3.64. The van der Waals surface area contributed by atoms with Gasteiger partial charge in [-0.05, 0) is 36.5 Å². The maximum Gasteiger partial charge on any atom is 0.240 e. The minimum Gasteiger partial charge on any atom is -0.370 e. The molecule has 3 N–H and O–H groups in total. The lowest BCUT2D eigenvalue weighted by Crippen LogP contribution is -2.51. The van der Waals surface area contributed by atoms with Gasteiger partial charge in [0.05, 0.1) is 17.5 Å². The number of nitrogens with one attached hydrogen (secondary N) is 1. The van der Waals surface area contributed by atoms with Crippen molar-refractivity contribution < 1.29 is 8.42 Å². The van der Waals surface area contributed by atoms with Gasteiger partial charge in [-0.2, -0.15) is 0 Å². The van der Waals surface area contributed by atoms with Crippen LogP contribution < -0.4 is 10.5 Å². The number of hydrogen-bond donors (Lipinski definition) is 2. The molecule has 172 valence electrons. The number of sulfonamides is 1. The summed E-state index contributed by atoms with van der Waals surface area (Å²) in [6, 6.07) is 18.5. The molecule has 1 fully saturated rings. The van der Waals surface area contributed by atoms with Crippen LogP contribution in [0.5, 0.6) is 0 Å². The van der Waals surface area contributed by atoms with Crippen molar-refractivity contribution >= 4 is 16.0 Å². The van der Waals surface area contributed by atoms with E-state index in [1.165, 1.54) is 32.1 Å². The monoisotopic (exact) mass is 454 g/mol. The Kier molecular flexibility index (Phi) is 7.48. The normalized spacial score (nSPS) is 20.8. The zero-order valence-corrected chi connectivity index (χ0v) is 19.4. The minimum atomic E-state index is -3.64. The number of nitrogens with two attached hydrogens (primary N) is 1. The third kappa shape index (κ3) is 5.90.